The summed E-state index contributed by atoms with van der Waals surface area (Å²) in [6, 6.07) is 44.1. The topological polar surface area (TPSA) is 21.7 Å². The Balaban J connectivity index is 0.000000196. The Morgan fingerprint density at radius 1 is 0.780 bits per heavy atom. The molecule has 5 heteroatoms. The molecule has 0 spiro atoms. The molecule has 2 aromatic heterocycles. The minimum Gasteiger partial charge on any atom is -0.307 e. The van der Waals surface area contributed by atoms with E-state index in [2.05, 4.69) is 113 Å². The fourth-order valence-corrected chi connectivity index (χ4v) is 6.37. The van der Waals surface area contributed by atoms with Crippen LogP contribution in [0.4, 0.5) is 0 Å². The van der Waals surface area contributed by atoms with Crippen molar-refractivity contribution in [3.05, 3.63) is 145 Å². The van der Waals surface area contributed by atoms with Crippen LogP contribution in [0.1, 0.15) is 11.1 Å². The summed E-state index contributed by atoms with van der Waals surface area (Å²) in [6.45, 7) is 4.33. The summed E-state index contributed by atoms with van der Waals surface area (Å²) in [4.78, 5) is 6.70. The number of nitrogens with zero attached hydrogens (tertiary/aromatic N) is 3. The predicted molar refractivity (Wildman–Crippen MR) is 162 cm³/mol. The summed E-state index contributed by atoms with van der Waals surface area (Å²) in [5.41, 5.74) is 9.18. The Bertz CT molecular complexity index is 1940. The molecule has 1 aliphatic heterocycles. The molecule has 5 aromatic carbocycles. The zero-order chi connectivity index (χ0) is 27.1. The maximum Gasteiger partial charge on any atom is 3.00 e. The number of rotatable bonds is 2. The molecule has 7 aromatic rings. The Hall–Kier alpha value is -4.02. The monoisotopic (exact) mass is 724 g/mol. The fourth-order valence-electron chi connectivity index (χ4n) is 5.27. The van der Waals surface area contributed by atoms with E-state index in [0.29, 0.717) is 0 Å². The van der Waals surface area contributed by atoms with Crippen LogP contribution in [0.25, 0.3) is 44.4 Å². The van der Waals surface area contributed by atoms with E-state index in [1.54, 1.807) is 6.20 Å². The van der Waals surface area contributed by atoms with Crippen LogP contribution in [0.3, 0.4) is 0 Å². The van der Waals surface area contributed by atoms with Gasteiger partial charge >= 0.3 is 20.1 Å². The molecule has 198 valence electrons. The number of aromatic nitrogens is 3. The van der Waals surface area contributed by atoms with Crippen LogP contribution in [0.15, 0.2) is 125 Å². The first kappa shape index (κ1) is 27.2. The molecule has 0 N–H and O–H groups in total. The van der Waals surface area contributed by atoms with Gasteiger partial charge in [-0.15, -0.1) is 70.9 Å². The standard InChI is InChI=1S/C25H17N2S.C11H8N.Ir/c1-16-7-5-8-17(2)24(16)26-15-27-21-13-18-9-3-4-10-19(18)14-23(21)28-22-12-6-11-20(26)25(22)27;1-2-6-10(7-3-1)11-8-4-5-9-12-11;/h3-12,14H,1-2H3;1-6,8-9H;/q2*-1;+3. The molecule has 1 aliphatic rings. The Kier molecular flexibility index (Phi) is 7.59. The molecule has 0 saturated heterocycles. The molecule has 8 rings (SSSR count). The van der Waals surface area contributed by atoms with Gasteiger partial charge in [-0.3, -0.25) is 4.57 Å². The molecule has 0 atom stereocenters. The van der Waals surface area contributed by atoms with E-state index in [0.717, 1.165) is 22.3 Å². The molecule has 0 radical (unpaired) electrons. The summed E-state index contributed by atoms with van der Waals surface area (Å²) >= 11 is 1.82. The van der Waals surface area contributed by atoms with Gasteiger partial charge in [-0.25, -0.2) is 0 Å². The summed E-state index contributed by atoms with van der Waals surface area (Å²) in [5, 5.41) is 2.36. The van der Waals surface area contributed by atoms with Crippen LogP contribution in [-0.2, 0) is 20.1 Å². The second-order valence-corrected chi connectivity index (χ2v) is 10.9. The molecule has 0 bridgehead atoms. The summed E-state index contributed by atoms with van der Waals surface area (Å²) in [6.07, 6.45) is 5.43. The van der Waals surface area contributed by atoms with Gasteiger partial charge in [0.25, 0.3) is 6.33 Å². The Morgan fingerprint density at radius 2 is 1.56 bits per heavy atom. The minimum absolute atomic E-state index is 0. The molecular formula is C36H25IrN3S+. The van der Waals surface area contributed by atoms with Gasteiger partial charge in [0.2, 0.25) is 0 Å². The molecule has 0 aliphatic carbocycles. The van der Waals surface area contributed by atoms with E-state index in [-0.39, 0.29) is 20.1 Å². The number of pyridine rings is 1. The van der Waals surface area contributed by atoms with Crippen LogP contribution in [0.2, 0.25) is 0 Å². The molecule has 0 amide bonds. The van der Waals surface area contributed by atoms with Crippen molar-refractivity contribution in [1.29, 1.82) is 0 Å². The summed E-state index contributed by atoms with van der Waals surface area (Å²) in [5.74, 6) is 0. The van der Waals surface area contributed by atoms with Crippen LogP contribution < -0.4 is 4.57 Å². The van der Waals surface area contributed by atoms with Crippen molar-refractivity contribution in [2.45, 2.75) is 23.6 Å². The number of fused-ring (bicyclic) bond motifs is 3. The van der Waals surface area contributed by atoms with E-state index in [1.165, 1.54) is 43.0 Å². The molecule has 0 saturated carbocycles. The first-order chi connectivity index (χ1) is 19.7. The summed E-state index contributed by atoms with van der Waals surface area (Å²) < 4.78 is 4.40. The Labute approximate surface area is 257 Å². The van der Waals surface area contributed by atoms with Crippen molar-refractivity contribution in [3.8, 4) is 22.6 Å². The largest absolute Gasteiger partial charge is 3.00 e. The maximum absolute atomic E-state index is 4.22. The van der Waals surface area contributed by atoms with Gasteiger partial charge in [0.1, 0.15) is 0 Å². The van der Waals surface area contributed by atoms with Crippen molar-refractivity contribution < 1.29 is 24.7 Å². The van der Waals surface area contributed by atoms with Gasteiger partial charge in [0.15, 0.2) is 0 Å². The molecule has 3 heterocycles. The van der Waals surface area contributed by atoms with Crippen LogP contribution >= 0.6 is 11.8 Å². The van der Waals surface area contributed by atoms with Gasteiger partial charge in [-0.1, -0.05) is 65.6 Å². The quantitative estimate of drug-likeness (QED) is 0.132. The van der Waals surface area contributed by atoms with E-state index in [1.807, 2.05) is 54.2 Å². The van der Waals surface area contributed by atoms with Crippen molar-refractivity contribution in [2.24, 2.45) is 0 Å². The average Bonchev–Trinajstić information content (AvgIpc) is 3.38. The molecule has 3 nitrogen and oxygen atoms in total. The van der Waals surface area contributed by atoms with E-state index < -0.39 is 0 Å². The third-order valence-electron chi connectivity index (χ3n) is 7.13. The number of hydrogen-bond donors (Lipinski definition) is 0. The average molecular weight is 724 g/mol. The van der Waals surface area contributed by atoms with E-state index >= 15 is 0 Å². The van der Waals surface area contributed by atoms with Gasteiger partial charge in [-0.05, 0) is 42.4 Å². The predicted octanol–water partition coefficient (Wildman–Crippen LogP) is 8.29. The zero-order valence-corrected chi connectivity index (χ0v) is 25.8. The van der Waals surface area contributed by atoms with Gasteiger partial charge in [0.05, 0.1) is 16.7 Å². The second kappa shape index (κ2) is 11.5. The van der Waals surface area contributed by atoms with Gasteiger partial charge in [0, 0.05) is 11.1 Å². The number of hydrogen-bond acceptors (Lipinski definition) is 2. The molecule has 0 fully saturated rings. The Morgan fingerprint density at radius 3 is 2.34 bits per heavy atom. The second-order valence-electron chi connectivity index (χ2n) is 9.80. The van der Waals surface area contributed by atoms with Crippen molar-refractivity contribution in [1.82, 2.24) is 9.55 Å². The van der Waals surface area contributed by atoms with Crippen molar-refractivity contribution >= 4 is 33.6 Å². The molecular weight excluding hydrogens is 699 g/mol. The normalized spacial score (nSPS) is 11.4. The molecule has 41 heavy (non-hydrogen) atoms. The zero-order valence-electron chi connectivity index (χ0n) is 22.6. The maximum atomic E-state index is 4.22. The van der Waals surface area contributed by atoms with E-state index in [9.17, 15) is 0 Å². The van der Waals surface area contributed by atoms with Crippen molar-refractivity contribution in [3.63, 3.8) is 0 Å². The van der Waals surface area contributed by atoms with Crippen LogP contribution in [-0.4, -0.2) is 9.55 Å². The first-order valence-corrected chi connectivity index (χ1v) is 14.1. The van der Waals surface area contributed by atoms with Crippen molar-refractivity contribution in [2.75, 3.05) is 0 Å². The smallest absolute Gasteiger partial charge is 0.307 e. The number of aryl methyl sites for hydroxylation is 2. The third-order valence-corrected chi connectivity index (χ3v) is 8.21. The number of imidazole rings is 1. The fraction of sp³-hybridized carbons (Fsp3) is 0.0556. The first-order valence-electron chi connectivity index (χ1n) is 13.2. The molecule has 0 unspecified atom stereocenters. The number of benzene rings is 5. The van der Waals surface area contributed by atoms with Gasteiger partial charge < -0.3 is 9.55 Å². The van der Waals surface area contributed by atoms with Gasteiger partial charge in [-0.2, -0.15) is 11.8 Å². The number of para-hydroxylation sites is 2. The minimum atomic E-state index is 0. The van der Waals surface area contributed by atoms with Crippen LogP contribution in [0.5, 0.6) is 0 Å². The SMILES string of the molecule is Cc1cccc(C)c1-n1[c-][n+]2c3c(cccc31)Sc1cc3ccccc3[c-]c1-2.[Ir+3].[c-]1ccccc1-c1ccccn1. The third kappa shape index (κ3) is 5.02. The summed E-state index contributed by atoms with van der Waals surface area (Å²) in [7, 11) is 0. The van der Waals surface area contributed by atoms with E-state index in [4.69, 9.17) is 0 Å². The van der Waals surface area contributed by atoms with Crippen LogP contribution in [0, 0.1) is 32.3 Å².